The Labute approximate surface area is 115 Å². The summed E-state index contributed by atoms with van der Waals surface area (Å²) in [5, 5.41) is 0. The Hall–Kier alpha value is -0.670. The zero-order valence-corrected chi connectivity index (χ0v) is 12.7. The lowest BCUT2D eigenvalue weighted by atomic mass is 10.2. The lowest BCUT2D eigenvalue weighted by molar-refractivity contribution is 0.131. The van der Waals surface area contributed by atoms with Gasteiger partial charge in [0.1, 0.15) is 11.4 Å². The molecular weight excluding hydrogens is 244 g/mol. The zero-order valence-electron chi connectivity index (χ0n) is 11.9. The number of rotatable bonds is 7. The van der Waals surface area contributed by atoms with Gasteiger partial charge in [-0.15, -0.1) is 11.8 Å². The largest absolute Gasteiger partial charge is 0.488 e. The molecule has 0 aliphatic heterocycles. The number of ether oxygens (including phenoxy) is 2. The third-order valence-corrected chi connectivity index (χ3v) is 3.07. The molecule has 0 amide bonds. The zero-order chi connectivity index (χ0) is 13.4. The molecule has 0 fully saturated rings. The predicted octanol–water partition coefficient (Wildman–Crippen LogP) is 4.38. The van der Waals surface area contributed by atoms with Crippen LogP contribution in [-0.4, -0.2) is 24.6 Å². The fourth-order valence-corrected chi connectivity index (χ4v) is 2.19. The van der Waals surface area contributed by atoms with Crippen molar-refractivity contribution >= 4 is 11.8 Å². The molecule has 0 atom stereocenters. The SMILES string of the molecule is CCCOCCSc1ccc(OC(C)(C)C)cc1. The van der Waals surface area contributed by atoms with Crippen LogP contribution >= 0.6 is 11.8 Å². The van der Waals surface area contributed by atoms with Crippen LogP contribution in [0, 0.1) is 0 Å². The Morgan fingerprint density at radius 3 is 2.28 bits per heavy atom. The van der Waals surface area contributed by atoms with Crippen molar-refractivity contribution in [3.8, 4) is 5.75 Å². The topological polar surface area (TPSA) is 18.5 Å². The van der Waals surface area contributed by atoms with Crippen molar-refractivity contribution in [2.45, 2.75) is 44.6 Å². The third-order valence-electron chi connectivity index (χ3n) is 2.09. The Kier molecular flexibility index (Phi) is 6.58. The van der Waals surface area contributed by atoms with E-state index in [4.69, 9.17) is 9.47 Å². The van der Waals surface area contributed by atoms with Crippen LogP contribution in [-0.2, 0) is 4.74 Å². The highest BCUT2D eigenvalue weighted by atomic mass is 32.2. The molecule has 0 N–H and O–H groups in total. The van der Waals surface area contributed by atoms with Crippen LogP contribution in [0.25, 0.3) is 0 Å². The molecule has 0 bridgehead atoms. The molecular formula is C15H24O2S. The van der Waals surface area contributed by atoms with Gasteiger partial charge in [0.15, 0.2) is 0 Å². The van der Waals surface area contributed by atoms with E-state index < -0.39 is 0 Å². The average Bonchev–Trinajstić information content (AvgIpc) is 2.29. The summed E-state index contributed by atoms with van der Waals surface area (Å²) < 4.78 is 11.2. The van der Waals surface area contributed by atoms with Gasteiger partial charge in [0.25, 0.3) is 0 Å². The summed E-state index contributed by atoms with van der Waals surface area (Å²) in [4.78, 5) is 1.26. The average molecular weight is 268 g/mol. The minimum absolute atomic E-state index is 0.136. The molecule has 3 heteroatoms. The second-order valence-electron chi connectivity index (χ2n) is 5.15. The van der Waals surface area contributed by atoms with Gasteiger partial charge in [-0.05, 0) is 51.5 Å². The summed E-state index contributed by atoms with van der Waals surface area (Å²) in [6, 6.07) is 8.26. The Morgan fingerprint density at radius 2 is 1.72 bits per heavy atom. The highest BCUT2D eigenvalue weighted by molar-refractivity contribution is 7.99. The normalized spacial score (nSPS) is 11.6. The monoisotopic (exact) mass is 268 g/mol. The van der Waals surface area contributed by atoms with Crippen LogP contribution in [0.1, 0.15) is 34.1 Å². The Morgan fingerprint density at radius 1 is 1.06 bits per heavy atom. The molecule has 1 aromatic carbocycles. The summed E-state index contributed by atoms with van der Waals surface area (Å²) in [7, 11) is 0. The summed E-state index contributed by atoms with van der Waals surface area (Å²) in [5.74, 6) is 1.92. The fraction of sp³-hybridized carbons (Fsp3) is 0.600. The van der Waals surface area contributed by atoms with E-state index >= 15 is 0 Å². The summed E-state index contributed by atoms with van der Waals surface area (Å²) >= 11 is 1.82. The number of hydrogen-bond acceptors (Lipinski definition) is 3. The molecule has 0 aliphatic rings. The van der Waals surface area contributed by atoms with Crippen LogP contribution in [0.15, 0.2) is 29.2 Å². The third kappa shape index (κ3) is 6.92. The van der Waals surface area contributed by atoms with Crippen molar-refractivity contribution in [3.63, 3.8) is 0 Å². The molecule has 0 saturated carbocycles. The molecule has 0 unspecified atom stereocenters. The van der Waals surface area contributed by atoms with Gasteiger partial charge < -0.3 is 9.47 Å². The minimum Gasteiger partial charge on any atom is -0.488 e. The molecule has 0 saturated heterocycles. The molecule has 0 aliphatic carbocycles. The molecule has 0 heterocycles. The first-order valence-electron chi connectivity index (χ1n) is 6.51. The number of benzene rings is 1. The fourth-order valence-electron chi connectivity index (χ4n) is 1.42. The number of hydrogen-bond donors (Lipinski definition) is 0. The van der Waals surface area contributed by atoms with Crippen molar-refractivity contribution in [3.05, 3.63) is 24.3 Å². The van der Waals surface area contributed by atoms with Gasteiger partial charge in [-0.3, -0.25) is 0 Å². The molecule has 1 aromatic rings. The maximum absolute atomic E-state index is 5.78. The first-order valence-corrected chi connectivity index (χ1v) is 7.49. The van der Waals surface area contributed by atoms with Crippen LogP contribution in [0.3, 0.4) is 0 Å². The maximum Gasteiger partial charge on any atom is 0.120 e. The van der Waals surface area contributed by atoms with E-state index in [1.54, 1.807) is 0 Å². The van der Waals surface area contributed by atoms with E-state index in [-0.39, 0.29) is 5.60 Å². The van der Waals surface area contributed by atoms with Crippen LogP contribution in [0.2, 0.25) is 0 Å². The minimum atomic E-state index is -0.136. The quantitative estimate of drug-likeness (QED) is 0.540. The molecule has 18 heavy (non-hydrogen) atoms. The second-order valence-corrected chi connectivity index (χ2v) is 6.32. The van der Waals surface area contributed by atoms with Crippen molar-refractivity contribution in [1.82, 2.24) is 0 Å². The molecule has 102 valence electrons. The molecule has 2 nitrogen and oxygen atoms in total. The standard InChI is InChI=1S/C15H24O2S/c1-5-10-16-11-12-18-14-8-6-13(7-9-14)17-15(2,3)4/h6-9H,5,10-12H2,1-4H3. The van der Waals surface area contributed by atoms with Gasteiger partial charge in [0, 0.05) is 17.3 Å². The number of thioether (sulfide) groups is 1. The van der Waals surface area contributed by atoms with Gasteiger partial charge in [-0.2, -0.15) is 0 Å². The lowest BCUT2D eigenvalue weighted by Gasteiger charge is -2.21. The summed E-state index contributed by atoms with van der Waals surface area (Å²) in [5.41, 5.74) is -0.136. The maximum atomic E-state index is 5.78. The second kappa shape index (κ2) is 7.70. The van der Waals surface area contributed by atoms with Crippen LogP contribution in [0.5, 0.6) is 5.75 Å². The smallest absolute Gasteiger partial charge is 0.120 e. The van der Waals surface area contributed by atoms with Crippen molar-refractivity contribution in [1.29, 1.82) is 0 Å². The van der Waals surface area contributed by atoms with E-state index in [0.29, 0.717) is 0 Å². The van der Waals surface area contributed by atoms with Crippen LogP contribution < -0.4 is 4.74 Å². The van der Waals surface area contributed by atoms with Crippen LogP contribution in [0.4, 0.5) is 0 Å². The Balaban J connectivity index is 2.32. The van der Waals surface area contributed by atoms with E-state index in [1.165, 1.54) is 4.90 Å². The lowest BCUT2D eigenvalue weighted by Crippen LogP contribution is -2.22. The molecule has 1 rings (SSSR count). The highest BCUT2D eigenvalue weighted by Crippen LogP contribution is 2.23. The van der Waals surface area contributed by atoms with Gasteiger partial charge in [-0.1, -0.05) is 6.92 Å². The van der Waals surface area contributed by atoms with Crippen molar-refractivity contribution in [2.24, 2.45) is 0 Å². The van der Waals surface area contributed by atoms with E-state index in [9.17, 15) is 0 Å². The Bertz CT molecular complexity index is 327. The summed E-state index contributed by atoms with van der Waals surface area (Å²) in [6.45, 7) is 9.97. The van der Waals surface area contributed by atoms with E-state index in [1.807, 2.05) is 23.9 Å². The predicted molar refractivity (Wildman–Crippen MR) is 78.7 cm³/mol. The van der Waals surface area contributed by atoms with E-state index in [2.05, 4.69) is 39.8 Å². The molecule has 0 radical (unpaired) electrons. The van der Waals surface area contributed by atoms with Crippen molar-refractivity contribution < 1.29 is 9.47 Å². The first kappa shape index (κ1) is 15.4. The van der Waals surface area contributed by atoms with E-state index in [0.717, 1.165) is 31.1 Å². The molecule has 0 aromatic heterocycles. The van der Waals surface area contributed by atoms with Gasteiger partial charge in [0.2, 0.25) is 0 Å². The first-order chi connectivity index (χ1) is 8.51. The molecule has 0 spiro atoms. The highest BCUT2D eigenvalue weighted by Gasteiger charge is 2.11. The summed E-state index contributed by atoms with van der Waals surface area (Å²) in [6.07, 6.45) is 1.09. The van der Waals surface area contributed by atoms with Gasteiger partial charge in [0.05, 0.1) is 6.61 Å². The van der Waals surface area contributed by atoms with Gasteiger partial charge >= 0.3 is 0 Å². The van der Waals surface area contributed by atoms with Crippen molar-refractivity contribution in [2.75, 3.05) is 19.0 Å². The van der Waals surface area contributed by atoms with Gasteiger partial charge in [-0.25, -0.2) is 0 Å².